The number of hydrogen-bond donors (Lipinski definition) is 1. The molecule has 0 aliphatic heterocycles. The van der Waals surface area contributed by atoms with E-state index >= 15 is 0 Å². The number of hydrogen-bond acceptors (Lipinski definition) is 3. The standard InChI is InChI=1S/C9H7NOS/c10-6-9(7-11)12-8-4-2-1-3-5-8/h1-5,7,11H. The SMILES string of the molecule is N#CC(=CO)Sc1ccccc1. The summed E-state index contributed by atoms with van der Waals surface area (Å²) in [6.45, 7) is 0. The van der Waals surface area contributed by atoms with Crippen molar-refractivity contribution >= 4 is 11.8 Å². The number of nitrogens with zero attached hydrogens (tertiary/aromatic N) is 1. The fraction of sp³-hybridized carbons (Fsp3) is 0. The zero-order valence-electron chi connectivity index (χ0n) is 6.27. The molecule has 0 amide bonds. The normalized spacial score (nSPS) is 10.8. The van der Waals surface area contributed by atoms with Crippen molar-refractivity contribution in [2.45, 2.75) is 4.90 Å². The molecule has 12 heavy (non-hydrogen) atoms. The predicted octanol–water partition coefficient (Wildman–Crippen LogP) is 2.70. The second kappa shape index (κ2) is 4.47. The molecular weight excluding hydrogens is 170 g/mol. The van der Waals surface area contributed by atoms with E-state index in [0.29, 0.717) is 4.91 Å². The Bertz CT molecular complexity index is 313. The quantitative estimate of drug-likeness (QED) is 0.429. The molecule has 0 fully saturated rings. The Balaban J connectivity index is 2.72. The Labute approximate surface area is 75.1 Å². The minimum Gasteiger partial charge on any atom is -0.514 e. The van der Waals surface area contributed by atoms with Gasteiger partial charge in [0.15, 0.2) is 0 Å². The highest BCUT2D eigenvalue weighted by molar-refractivity contribution is 8.03. The van der Waals surface area contributed by atoms with Gasteiger partial charge >= 0.3 is 0 Å². The van der Waals surface area contributed by atoms with Crippen molar-refractivity contribution in [3.8, 4) is 6.07 Å². The van der Waals surface area contributed by atoms with Gasteiger partial charge in [-0.2, -0.15) is 5.26 Å². The summed E-state index contributed by atoms with van der Waals surface area (Å²) in [7, 11) is 0. The summed E-state index contributed by atoms with van der Waals surface area (Å²) in [4.78, 5) is 1.24. The van der Waals surface area contributed by atoms with Gasteiger partial charge in [0.1, 0.15) is 17.2 Å². The highest BCUT2D eigenvalue weighted by Crippen LogP contribution is 2.24. The summed E-state index contributed by atoms with van der Waals surface area (Å²) >= 11 is 1.24. The van der Waals surface area contributed by atoms with Crippen molar-refractivity contribution in [1.82, 2.24) is 0 Å². The lowest BCUT2D eigenvalue weighted by atomic mass is 10.4. The average molecular weight is 177 g/mol. The number of aliphatic hydroxyl groups excluding tert-OH is 1. The van der Waals surface area contributed by atoms with Gasteiger partial charge in [0, 0.05) is 4.90 Å². The van der Waals surface area contributed by atoms with Crippen LogP contribution in [0.15, 0.2) is 46.4 Å². The smallest absolute Gasteiger partial charge is 0.124 e. The Morgan fingerprint density at radius 1 is 1.42 bits per heavy atom. The molecule has 0 radical (unpaired) electrons. The van der Waals surface area contributed by atoms with Crippen LogP contribution in [0.25, 0.3) is 0 Å². The molecule has 0 bridgehead atoms. The number of aliphatic hydroxyl groups is 1. The van der Waals surface area contributed by atoms with Gasteiger partial charge in [-0.1, -0.05) is 30.0 Å². The minimum atomic E-state index is 0.293. The lowest BCUT2D eigenvalue weighted by Crippen LogP contribution is -1.72. The number of nitriles is 1. The predicted molar refractivity (Wildman–Crippen MR) is 48.6 cm³/mol. The fourth-order valence-corrected chi connectivity index (χ4v) is 1.34. The van der Waals surface area contributed by atoms with E-state index in [1.54, 1.807) is 0 Å². The van der Waals surface area contributed by atoms with Crippen LogP contribution >= 0.6 is 11.8 Å². The summed E-state index contributed by atoms with van der Waals surface area (Å²) in [6.07, 6.45) is 0.817. The molecule has 0 saturated carbocycles. The van der Waals surface area contributed by atoms with Gasteiger partial charge in [-0.05, 0) is 12.1 Å². The maximum absolute atomic E-state index is 8.58. The maximum atomic E-state index is 8.58. The number of thioether (sulfide) groups is 1. The zero-order chi connectivity index (χ0) is 8.81. The van der Waals surface area contributed by atoms with Crippen LogP contribution in [0.2, 0.25) is 0 Å². The highest BCUT2D eigenvalue weighted by atomic mass is 32.2. The molecule has 0 aliphatic carbocycles. The van der Waals surface area contributed by atoms with E-state index in [9.17, 15) is 0 Å². The van der Waals surface area contributed by atoms with Gasteiger partial charge in [-0.25, -0.2) is 0 Å². The van der Waals surface area contributed by atoms with E-state index in [1.165, 1.54) is 11.8 Å². The van der Waals surface area contributed by atoms with Gasteiger partial charge in [-0.15, -0.1) is 0 Å². The van der Waals surface area contributed by atoms with Crippen LogP contribution in [0.3, 0.4) is 0 Å². The van der Waals surface area contributed by atoms with Crippen molar-refractivity contribution in [1.29, 1.82) is 5.26 Å². The van der Waals surface area contributed by atoms with Gasteiger partial charge in [0.25, 0.3) is 0 Å². The van der Waals surface area contributed by atoms with Crippen molar-refractivity contribution in [3.63, 3.8) is 0 Å². The van der Waals surface area contributed by atoms with Crippen LogP contribution in [-0.4, -0.2) is 5.11 Å². The van der Waals surface area contributed by atoms with Crippen LogP contribution in [0.4, 0.5) is 0 Å². The molecule has 0 heterocycles. The molecule has 0 unspecified atom stereocenters. The summed E-state index contributed by atoms with van der Waals surface area (Å²) < 4.78 is 0. The van der Waals surface area contributed by atoms with Crippen LogP contribution in [0, 0.1) is 11.3 Å². The van der Waals surface area contributed by atoms with E-state index in [-0.39, 0.29) is 0 Å². The Morgan fingerprint density at radius 2 is 2.08 bits per heavy atom. The molecule has 3 heteroatoms. The topological polar surface area (TPSA) is 44.0 Å². The lowest BCUT2D eigenvalue weighted by molar-refractivity contribution is 0.473. The third kappa shape index (κ3) is 2.33. The first-order valence-electron chi connectivity index (χ1n) is 3.34. The van der Waals surface area contributed by atoms with Crippen molar-refractivity contribution < 1.29 is 5.11 Å². The Hall–Kier alpha value is -1.40. The molecule has 1 aromatic carbocycles. The lowest BCUT2D eigenvalue weighted by Gasteiger charge is -1.95. The van der Waals surface area contributed by atoms with E-state index in [1.807, 2.05) is 36.4 Å². The summed E-state index contributed by atoms with van der Waals surface area (Å²) in [5.41, 5.74) is 0. The number of allylic oxidation sites excluding steroid dienone is 1. The molecule has 0 spiro atoms. The number of benzene rings is 1. The van der Waals surface area contributed by atoms with Crippen molar-refractivity contribution in [2.24, 2.45) is 0 Å². The van der Waals surface area contributed by atoms with Crippen molar-refractivity contribution in [2.75, 3.05) is 0 Å². The molecule has 1 rings (SSSR count). The van der Waals surface area contributed by atoms with Gasteiger partial charge in [-0.3, -0.25) is 0 Å². The van der Waals surface area contributed by atoms with Crippen LogP contribution in [0.1, 0.15) is 0 Å². The van der Waals surface area contributed by atoms with E-state index in [4.69, 9.17) is 10.4 Å². The fourth-order valence-electron chi connectivity index (χ4n) is 0.694. The molecular formula is C9H7NOS. The Kier molecular flexibility index (Phi) is 3.24. The number of rotatable bonds is 2. The highest BCUT2D eigenvalue weighted by Gasteiger charge is 1.97. The first-order valence-corrected chi connectivity index (χ1v) is 4.16. The maximum Gasteiger partial charge on any atom is 0.124 e. The molecule has 1 aromatic rings. The van der Waals surface area contributed by atoms with Crippen LogP contribution < -0.4 is 0 Å². The molecule has 60 valence electrons. The second-order valence-corrected chi connectivity index (χ2v) is 3.14. The molecule has 0 aliphatic rings. The average Bonchev–Trinajstić information content (AvgIpc) is 2.16. The monoisotopic (exact) mass is 177 g/mol. The third-order valence-corrected chi connectivity index (χ3v) is 2.12. The molecule has 0 aromatic heterocycles. The summed E-state index contributed by atoms with van der Waals surface area (Å²) in [6, 6.07) is 11.3. The first kappa shape index (κ1) is 8.69. The van der Waals surface area contributed by atoms with Crippen molar-refractivity contribution in [3.05, 3.63) is 41.5 Å². The zero-order valence-corrected chi connectivity index (χ0v) is 7.08. The van der Waals surface area contributed by atoms with Gasteiger partial charge < -0.3 is 5.11 Å². The second-order valence-electron chi connectivity index (χ2n) is 2.02. The molecule has 2 nitrogen and oxygen atoms in total. The summed E-state index contributed by atoms with van der Waals surface area (Å²) in [5, 5.41) is 17.1. The summed E-state index contributed by atoms with van der Waals surface area (Å²) in [5.74, 6) is 0. The van der Waals surface area contributed by atoms with Crippen LogP contribution in [0.5, 0.6) is 0 Å². The van der Waals surface area contributed by atoms with Crippen LogP contribution in [-0.2, 0) is 0 Å². The van der Waals surface area contributed by atoms with E-state index in [2.05, 4.69) is 0 Å². The molecule has 1 N–H and O–H groups in total. The van der Waals surface area contributed by atoms with Gasteiger partial charge in [0.2, 0.25) is 0 Å². The first-order chi connectivity index (χ1) is 5.86. The van der Waals surface area contributed by atoms with Gasteiger partial charge in [0.05, 0.1) is 0 Å². The molecule has 0 saturated heterocycles. The van der Waals surface area contributed by atoms with E-state index < -0.39 is 0 Å². The van der Waals surface area contributed by atoms with E-state index in [0.717, 1.165) is 11.2 Å². The minimum absolute atomic E-state index is 0.293. The Morgan fingerprint density at radius 3 is 2.58 bits per heavy atom. The largest absolute Gasteiger partial charge is 0.514 e. The third-order valence-electron chi connectivity index (χ3n) is 1.20. The molecule has 0 atom stereocenters.